The number of rotatable bonds is 7. The molecule has 2 aliphatic rings. The number of anilines is 1. The van der Waals surface area contributed by atoms with Crippen LogP contribution in [0.25, 0.3) is 22.4 Å². The molecule has 0 bridgehead atoms. The molecule has 4 aromatic rings. The van der Waals surface area contributed by atoms with Gasteiger partial charge in [-0.1, -0.05) is 53.5 Å². The summed E-state index contributed by atoms with van der Waals surface area (Å²) in [5.41, 5.74) is 2.72. The molecule has 3 heterocycles. The molecule has 14 heteroatoms. The Morgan fingerprint density at radius 1 is 1.00 bits per heavy atom. The first kappa shape index (κ1) is 34.4. The molecule has 2 amide bonds. The molecule has 0 radical (unpaired) electrons. The zero-order valence-electron chi connectivity index (χ0n) is 27.4. The van der Waals surface area contributed by atoms with Gasteiger partial charge in [0.1, 0.15) is 5.56 Å². The van der Waals surface area contributed by atoms with Crippen LogP contribution in [0.4, 0.5) is 5.69 Å². The van der Waals surface area contributed by atoms with Gasteiger partial charge in [-0.2, -0.15) is 0 Å². The summed E-state index contributed by atoms with van der Waals surface area (Å²) in [6.07, 6.45) is 2.47. The summed E-state index contributed by atoms with van der Waals surface area (Å²) in [6, 6.07) is 12.2. The number of likely N-dealkylation sites (tertiary alicyclic amines) is 1. The second-order valence-corrected chi connectivity index (χ2v) is 13.1. The molecule has 2 aromatic heterocycles. The number of methoxy groups -OCH3 is 1. The van der Waals surface area contributed by atoms with Crippen LogP contribution in [0.3, 0.4) is 0 Å². The number of amides is 2. The van der Waals surface area contributed by atoms with E-state index in [4.69, 9.17) is 32.9 Å². The van der Waals surface area contributed by atoms with E-state index in [2.05, 4.69) is 10.6 Å². The molecular weight excluding hydrogens is 671 g/mol. The fraction of sp³-hybridized carbons (Fsp3) is 0.343. The highest BCUT2D eigenvalue weighted by atomic mass is 35.5. The number of pyridine rings is 1. The van der Waals surface area contributed by atoms with Crippen molar-refractivity contribution >= 4 is 40.7 Å². The molecular formula is C35H36Cl2N6O6. The number of aryl methyl sites for hydroxylation is 1. The summed E-state index contributed by atoms with van der Waals surface area (Å²) in [7, 11) is 4.30. The van der Waals surface area contributed by atoms with E-state index in [1.54, 1.807) is 38.3 Å². The Morgan fingerprint density at radius 2 is 1.65 bits per heavy atom. The van der Waals surface area contributed by atoms with E-state index in [9.17, 15) is 24.3 Å². The number of hydrogen-bond acceptors (Lipinski definition) is 8. The van der Waals surface area contributed by atoms with Crippen LogP contribution in [0.15, 0.2) is 58.3 Å². The summed E-state index contributed by atoms with van der Waals surface area (Å²) < 4.78 is 7.78. The molecule has 2 aromatic carbocycles. The Labute approximate surface area is 292 Å². The smallest absolute Gasteiger partial charge is 0.330 e. The van der Waals surface area contributed by atoms with E-state index in [0.29, 0.717) is 52.8 Å². The average molecular weight is 708 g/mol. The first-order valence-electron chi connectivity index (χ1n) is 15.8. The predicted octanol–water partition coefficient (Wildman–Crippen LogP) is 3.94. The number of aliphatic hydroxyl groups excluding tert-OH is 1. The minimum atomic E-state index is -0.731. The van der Waals surface area contributed by atoms with Gasteiger partial charge in [0.15, 0.2) is 0 Å². The van der Waals surface area contributed by atoms with Crippen LogP contribution in [0.5, 0.6) is 5.88 Å². The van der Waals surface area contributed by atoms with Gasteiger partial charge in [-0.3, -0.25) is 19.0 Å². The molecule has 49 heavy (non-hydrogen) atoms. The van der Waals surface area contributed by atoms with Crippen molar-refractivity contribution in [1.29, 1.82) is 0 Å². The summed E-state index contributed by atoms with van der Waals surface area (Å²) in [5.74, 6) is -0.267. The van der Waals surface area contributed by atoms with Crippen molar-refractivity contribution in [2.75, 3.05) is 25.5 Å². The average Bonchev–Trinajstić information content (AvgIpc) is 3.40. The molecule has 0 spiro atoms. The van der Waals surface area contributed by atoms with Gasteiger partial charge in [0, 0.05) is 75.0 Å². The highest BCUT2D eigenvalue weighted by Crippen LogP contribution is 2.44. The summed E-state index contributed by atoms with van der Waals surface area (Å²) in [6.45, 7) is 2.91. The fourth-order valence-electron chi connectivity index (χ4n) is 6.65. The number of ether oxygens (including phenoxy) is 1. The fourth-order valence-corrected chi connectivity index (χ4v) is 7.25. The van der Waals surface area contributed by atoms with Crippen molar-refractivity contribution in [2.24, 2.45) is 14.1 Å². The Hall–Kier alpha value is -4.49. The highest BCUT2D eigenvalue weighted by molar-refractivity contribution is 6.39. The number of piperidine rings is 1. The first-order chi connectivity index (χ1) is 23.4. The van der Waals surface area contributed by atoms with Gasteiger partial charge in [-0.15, -0.1) is 0 Å². The lowest BCUT2D eigenvalue weighted by atomic mass is 9.98. The zero-order chi connectivity index (χ0) is 35.1. The summed E-state index contributed by atoms with van der Waals surface area (Å²) in [4.78, 5) is 56.3. The molecule has 6 rings (SSSR count). The number of nitrogens with one attached hydrogen (secondary N) is 2. The molecule has 12 nitrogen and oxygen atoms in total. The maximum atomic E-state index is 13.1. The van der Waals surface area contributed by atoms with Crippen molar-refractivity contribution in [1.82, 2.24) is 24.3 Å². The Balaban J connectivity index is 1.29. The number of carbonyl (C=O) groups is 2. The molecule has 1 aliphatic heterocycles. The van der Waals surface area contributed by atoms with Crippen LogP contribution < -0.4 is 26.6 Å². The lowest BCUT2D eigenvalue weighted by Gasteiger charge is -2.34. The second kappa shape index (κ2) is 13.8. The maximum absolute atomic E-state index is 13.1. The number of aromatic nitrogens is 3. The number of aliphatic hydroxyl groups is 1. The Kier molecular flexibility index (Phi) is 9.67. The number of carbonyl (C=O) groups excluding carboxylic acids is 2. The molecule has 2 atom stereocenters. The molecule has 3 N–H and O–H groups in total. The number of benzene rings is 2. The first-order valence-corrected chi connectivity index (χ1v) is 16.6. The standard InChI is InChI=1S/C35H36Cl2N6O6/c1-18(44)43-13-11-20(12-14-43)38-31-27(45)16-19-15-26(40-33(49-4)28(19)31)23-9-5-7-21(29(23)36)22-8-6-10-25(30(22)37)39-32(46)24-17-41(2)35(48)42(3)34(24)47/h5-10,15,17,20,27,31,38,45H,11-14,16H2,1-4H3,(H,39,46)/t27-,31-/m0/s1. The lowest BCUT2D eigenvalue weighted by Crippen LogP contribution is -2.46. The molecule has 1 fully saturated rings. The van der Waals surface area contributed by atoms with Crippen molar-refractivity contribution in [3.05, 3.63) is 96.2 Å². The second-order valence-electron chi connectivity index (χ2n) is 12.4. The van der Waals surface area contributed by atoms with E-state index >= 15 is 0 Å². The van der Waals surface area contributed by atoms with E-state index in [1.807, 2.05) is 23.1 Å². The third-order valence-corrected chi connectivity index (χ3v) is 10.1. The number of nitrogens with zero attached hydrogens (tertiary/aromatic N) is 4. The zero-order valence-corrected chi connectivity index (χ0v) is 28.9. The topological polar surface area (TPSA) is 148 Å². The maximum Gasteiger partial charge on any atom is 0.330 e. The summed E-state index contributed by atoms with van der Waals surface area (Å²) in [5, 5.41) is 18.0. The highest BCUT2D eigenvalue weighted by Gasteiger charge is 2.37. The Bertz CT molecular complexity index is 2090. The van der Waals surface area contributed by atoms with E-state index in [0.717, 1.165) is 33.1 Å². The van der Waals surface area contributed by atoms with Gasteiger partial charge in [0.05, 0.1) is 40.7 Å². The molecule has 1 saturated heterocycles. The number of hydrogen-bond donors (Lipinski definition) is 3. The quantitative estimate of drug-likeness (QED) is 0.262. The predicted molar refractivity (Wildman–Crippen MR) is 187 cm³/mol. The molecule has 0 saturated carbocycles. The largest absolute Gasteiger partial charge is 0.481 e. The minimum Gasteiger partial charge on any atom is -0.481 e. The third-order valence-electron chi connectivity index (χ3n) is 9.29. The van der Waals surface area contributed by atoms with E-state index < -0.39 is 23.3 Å². The van der Waals surface area contributed by atoms with Crippen LogP contribution >= 0.6 is 23.2 Å². The van der Waals surface area contributed by atoms with Crippen LogP contribution in [0, 0.1) is 0 Å². The van der Waals surface area contributed by atoms with Gasteiger partial charge >= 0.3 is 5.69 Å². The van der Waals surface area contributed by atoms with Gasteiger partial charge in [-0.25, -0.2) is 9.78 Å². The SMILES string of the molecule is COc1nc(-c2cccc(-c3cccc(NC(=O)c4cn(C)c(=O)n(C)c4=O)c3Cl)c2Cl)cc2c1[C@@H](NC1CCN(C(C)=O)CC1)[C@@H](O)C2. The molecule has 256 valence electrons. The molecule has 0 unspecified atom stereocenters. The third kappa shape index (κ3) is 6.49. The van der Waals surface area contributed by atoms with Crippen molar-refractivity contribution < 1.29 is 19.4 Å². The normalized spacial score (nSPS) is 17.6. The van der Waals surface area contributed by atoms with Gasteiger partial charge < -0.3 is 29.9 Å². The van der Waals surface area contributed by atoms with Gasteiger partial charge in [0.2, 0.25) is 11.8 Å². The van der Waals surface area contributed by atoms with Crippen LogP contribution in [0.2, 0.25) is 10.0 Å². The van der Waals surface area contributed by atoms with E-state index in [-0.39, 0.29) is 34.3 Å². The van der Waals surface area contributed by atoms with Crippen LogP contribution in [-0.4, -0.2) is 68.3 Å². The summed E-state index contributed by atoms with van der Waals surface area (Å²) >= 11 is 13.9. The van der Waals surface area contributed by atoms with Crippen molar-refractivity contribution in [2.45, 2.75) is 44.4 Å². The Morgan fingerprint density at radius 3 is 2.33 bits per heavy atom. The van der Waals surface area contributed by atoms with E-state index in [1.165, 1.54) is 20.3 Å². The van der Waals surface area contributed by atoms with Crippen LogP contribution in [0.1, 0.15) is 47.3 Å². The monoisotopic (exact) mass is 706 g/mol. The lowest BCUT2D eigenvalue weighted by molar-refractivity contribution is -0.129. The number of halogens is 2. The van der Waals surface area contributed by atoms with Crippen LogP contribution in [-0.2, 0) is 25.3 Å². The molecule has 1 aliphatic carbocycles. The van der Waals surface area contributed by atoms with Gasteiger partial charge in [0.25, 0.3) is 11.5 Å². The van der Waals surface area contributed by atoms with Gasteiger partial charge in [-0.05, 0) is 30.5 Å². The van der Waals surface area contributed by atoms with Crippen molar-refractivity contribution in [3.63, 3.8) is 0 Å². The minimum absolute atomic E-state index is 0.0684. The number of fused-ring (bicyclic) bond motifs is 1. The van der Waals surface area contributed by atoms with Crippen molar-refractivity contribution in [3.8, 4) is 28.3 Å².